The van der Waals surface area contributed by atoms with E-state index in [1.165, 1.54) is 0 Å². The van der Waals surface area contributed by atoms with Crippen molar-refractivity contribution in [2.24, 2.45) is 0 Å². The van der Waals surface area contributed by atoms with E-state index in [1.807, 2.05) is 30.3 Å². The van der Waals surface area contributed by atoms with Crippen molar-refractivity contribution in [1.82, 2.24) is 15.5 Å². The van der Waals surface area contributed by atoms with Gasteiger partial charge in [-0.1, -0.05) is 44.2 Å². The monoisotopic (exact) mass is 277 g/mol. The van der Waals surface area contributed by atoms with Gasteiger partial charge < -0.3 is 15.5 Å². The molecule has 0 aliphatic rings. The highest BCUT2D eigenvalue weighted by Crippen LogP contribution is 1.97. The molecule has 0 bridgehead atoms. The van der Waals surface area contributed by atoms with Crippen molar-refractivity contribution in [3.63, 3.8) is 0 Å². The van der Waals surface area contributed by atoms with E-state index in [2.05, 4.69) is 36.3 Å². The van der Waals surface area contributed by atoms with Gasteiger partial charge in [0.15, 0.2) is 0 Å². The number of likely N-dealkylation sites (N-methyl/N-ethyl adjacent to an activating group) is 1. The first-order valence-corrected chi connectivity index (χ1v) is 7.42. The maximum atomic E-state index is 11.8. The number of nitrogens with zero attached hydrogens (tertiary/aromatic N) is 1. The van der Waals surface area contributed by atoms with Gasteiger partial charge in [-0.05, 0) is 25.6 Å². The molecular formula is C16H27N3O. The molecule has 20 heavy (non-hydrogen) atoms. The third kappa shape index (κ3) is 6.68. The molecule has 1 unspecified atom stereocenters. The second kappa shape index (κ2) is 9.50. The molecule has 1 amide bonds. The molecule has 0 aliphatic carbocycles. The van der Waals surface area contributed by atoms with E-state index in [0.717, 1.165) is 25.2 Å². The van der Waals surface area contributed by atoms with Gasteiger partial charge in [0.1, 0.15) is 0 Å². The van der Waals surface area contributed by atoms with E-state index in [4.69, 9.17) is 0 Å². The summed E-state index contributed by atoms with van der Waals surface area (Å²) in [6, 6.07) is 10.3. The zero-order valence-electron chi connectivity index (χ0n) is 12.9. The molecule has 0 heterocycles. The van der Waals surface area contributed by atoms with Gasteiger partial charge in [0.05, 0.1) is 6.54 Å². The molecule has 4 nitrogen and oxygen atoms in total. The highest BCUT2D eigenvalue weighted by atomic mass is 16.1. The summed E-state index contributed by atoms with van der Waals surface area (Å²) < 4.78 is 0. The Kier molecular flexibility index (Phi) is 7.92. The summed E-state index contributed by atoms with van der Waals surface area (Å²) in [5, 5.41) is 6.18. The lowest BCUT2D eigenvalue weighted by Crippen LogP contribution is -2.43. The Morgan fingerprint density at radius 1 is 1.20 bits per heavy atom. The van der Waals surface area contributed by atoms with Crippen LogP contribution in [-0.4, -0.2) is 43.0 Å². The number of nitrogens with one attached hydrogen (secondary N) is 2. The second-order valence-corrected chi connectivity index (χ2v) is 5.03. The number of hydrogen-bond donors (Lipinski definition) is 2. The minimum atomic E-state index is 0.0419. The number of rotatable bonds is 9. The fraction of sp³-hybridized carbons (Fsp3) is 0.562. The van der Waals surface area contributed by atoms with Crippen molar-refractivity contribution in [1.29, 1.82) is 0 Å². The zero-order chi connectivity index (χ0) is 14.8. The van der Waals surface area contributed by atoms with Crippen molar-refractivity contribution < 1.29 is 4.79 Å². The lowest BCUT2D eigenvalue weighted by atomic mass is 10.2. The molecule has 1 aromatic carbocycles. The van der Waals surface area contributed by atoms with Crippen LogP contribution in [0.25, 0.3) is 0 Å². The van der Waals surface area contributed by atoms with E-state index in [-0.39, 0.29) is 5.91 Å². The van der Waals surface area contributed by atoms with Crippen molar-refractivity contribution in [2.75, 3.05) is 26.2 Å². The van der Waals surface area contributed by atoms with Crippen LogP contribution in [0.4, 0.5) is 0 Å². The SMILES string of the molecule is CCN(CC)CC(C)NCC(=O)NCc1ccccc1. The first-order valence-electron chi connectivity index (χ1n) is 7.42. The molecular weight excluding hydrogens is 250 g/mol. The number of hydrogen-bond acceptors (Lipinski definition) is 3. The molecule has 0 fully saturated rings. The predicted molar refractivity (Wildman–Crippen MR) is 83.5 cm³/mol. The molecule has 0 aliphatic heterocycles. The summed E-state index contributed by atoms with van der Waals surface area (Å²) >= 11 is 0. The molecule has 0 saturated carbocycles. The zero-order valence-corrected chi connectivity index (χ0v) is 12.9. The van der Waals surface area contributed by atoms with Gasteiger partial charge in [-0.2, -0.15) is 0 Å². The van der Waals surface area contributed by atoms with Gasteiger partial charge in [-0.25, -0.2) is 0 Å². The van der Waals surface area contributed by atoms with Crippen LogP contribution in [0.1, 0.15) is 26.3 Å². The summed E-state index contributed by atoms with van der Waals surface area (Å²) in [6.07, 6.45) is 0. The molecule has 112 valence electrons. The summed E-state index contributed by atoms with van der Waals surface area (Å²) in [5.74, 6) is 0.0419. The van der Waals surface area contributed by atoms with E-state index in [0.29, 0.717) is 19.1 Å². The van der Waals surface area contributed by atoms with Crippen LogP contribution in [-0.2, 0) is 11.3 Å². The quantitative estimate of drug-likeness (QED) is 0.721. The van der Waals surface area contributed by atoms with Crippen molar-refractivity contribution >= 4 is 5.91 Å². The second-order valence-electron chi connectivity index (χ2n) is 5.03. The van der Waals surface area contributed by atoms with E-state index < -0.39 is 0 Å². The average molecular weight is 277 g/mol. The van der Waals surface area contributed by atoms with Gasteiger partial charge in [-0.15, -0.1) is 0 Å². The highest BCUT2D eigenvalue weighted by Gasteiger charge is 2.08. The van der Waals surface area contributed by atoms with Crippen LogP contribution in [0.15, 0.2) is 30.3 Å². The maximum Gasteiger partial charge on any atom is 0.234 e. The number of benzene rings is 1. The standard InChI is InChI=1S/C16H27N3O/c1-4-19(5-2)13-14(3)17-12-16(20)18-11-15-9-7-6-8-10-15/h6-10,14,17H,4-5,11-13H2,1-3H3,(H,18,20). The Morgan fingerprint density at radius 2 is 1.85 bits per heavy atom. The van der Waals surface area contributed by atoms with Crippen molar-refractivity contribution in [3.05, 3.63) is 35.9 Å². The minimum absolute atomic E-state index is 0.0419. The van der Waals surface area contributed by atoms with E-state index in [9.17, 15) is 4.79 Å². The van der Waals surface area contributed by atoms with Crippen LogP contribution in [0.2, 0.25) is 0 Å². The fourth-order valence-electron chi connectivity index (χ4n) is 2.06. The summed E-state index contributed by atoms with van der Waals surface area (Å²) in [6.45, 7) is 10.4. The number of carbonyl (C=O) groups excluding carboxylic acids is 1. The van der Waals surface area contributed by atoms with Crippen LogP contribution in [0.3, 0.4) is 0 Å². The number of carbonyl (C=O) groups is 1. The molecule has 0 spiro atoms. The average Bonchev–Trinajstić information content (AvgIpc) is 2.49. The summed E-state index contributed by atoms with van der Waals surface area (Å²) in [5.41, 5.74) is 1.12. The molecule has 0 saturated heterocycles. The van der Waals surface area contributed by atoms with Gasteiger partial charge in [0.25, 0.3) is 0 Å². The largest absolute Gasteiger partial charge is 0.351 e. The van der Waals surface area contributed by atoms with Gasteiger partial charge in [0.2, 0.25) is 5.91 Å². The molecule has 1 aromatic rings. The smallest absolute Gasteiger partial charge is 0.234 e. The third-order valence-electron chi connectivity index (χ3n) is 3.37. The first-order chi connectivity index (χ1) is 9.65. The van der Waals surface area contributed by atoms with E-state index >= 15 is 0 Å². The van der Waals surface area contributed by atoms with Gasteiger partial charge in [-0.3, -0.25) is 4.79 Å². The Morgan fingerprint density at radius 3 is 2.45 bits per heavy atom. The predicted octanol–water partition coefficient (Wildman–Crippen LogP) is 1.62. The lowest BCUT2D eigenvalue weighted by molar-refractivity contribution is -0.120. The summed E-state index contributed by atoms with van der Waals surface area (Å²) in [4.78, 5) is 14.1. The number of amides is 1. The lowest BCUT2D eigenvalue weighted by Gasteiger charge is -2.23. The Balaban J connectivity index is 2.19. The molecule has 2 N–H and O–H groups in total. The molecule has 1 atom stereocenters. The van der Waals surface area contributed by atoms with Gasteiger partial charge in [0, 0.05) is 19.1 Å². The van der Waals surface area contributed by atoms with Crippen LogP contribution in [0, 0.1) is 0 Å². The van der Waals surface area contributed by atoms with Gasteiger partial charge >= 0.3 is 0 Å². The molecule has 4 heteroatoms. The van der Waals surface area contributed by atoms with Crippen LogP contribution in [0.5, 0.6) is 0 Å². The highest BCUT2D eigenvalue weighted by molar-refractivity contribution is 5.77. The molecule has 0 aromatic heterocycles. The van der Waals surface area contributed by atoms with Crippen molar-refractivity contribution in [2.45, 2.75) is 33.4 Å². The van der Waals surface area contributed by atoms with Crippen LogP contribution >= 0.6 is 0 Å². The fourth-order valence-corrected chi connectivity index (χ4v) is 2.06. The molecule has 1 rings (SSSR count). The Hall–Kier alpha value is -1.39. The Bertz CT molecular complexity index is 377. The maximum absolute atomic E-state index is 11.8. The summed E-state index contributed by atoms with van der Waals surface area (Å²) in [7, 11) is 0. The topological polar surface area (TPSA) is 44.4 Å². The first kappa shape index (κ1) is 16.7. The third-order valence-corrected chi connectivity index (χ3v) is 3.37. The van der Waals surface area contributed by atoms with Crippen LogP contribution < -0.4 is 10.6 Å². The van der Waals surface area contributed by atoms with E-state index in [1.54, 1.807) is 0 Å². The Labute approximate surface area is 122 Å². The minimum Gasteiger partial charge on any atom is -0.351 e. The molecule has 0 radical (unpaired) electrons. The van der Waals surface area contributed by atoms with Crippen molar-refractivity contribution in [3.8, 4) is 0 Å². The normalized spacial score (nSPS) is 12.4.